The molecule has 1 fully saturated rings. The SMILES string of the molecule is Nc1cncn1[C@@H]1O[C@H](COP(=O)(O)O)[C@@H](O)[C@H]1O.[NH4+]. The summed E-state index contributed by atoms with van der Waals surface area (Å²) in [5.74, 6) is 0.216. The van der Waals surface area contributed by atoms with Crippen LogP contribution in [0.25, 0.3) is 0 Å². The standard InChI is InChI=1S/C8H14N3O7P.H3N/c9-5-1-10-3-11(5)8-7(13)6(12)4(18-8)2-17-19(14,15)16;/h1,3-4,6-8,12-13H,2,9H2,(H2,14,15,16);1H3/p+1/t4-,6-,7-,8-;/m1./s1. The molecule has 0 aromatic carbocycles. The van der Waals surface area contributed by atoms with Gasteiger partial charge in [0.05, 0.1) is 19.1 Å². The topological polar surface area (TPSA) is 197 Å². The van der Waals surface area contributed by atoms with Gasteiger partial charge in [0.15, 0.2) is 6.23 Å². The van der Waals surface area contributed by atoms with Crippen LogP contribution in [-0.2, 0) is 13.8 Å². The molecular weight excluding hydrogens is 295 g/mol. The molecule has 2 heterocycles. The van der Waals surface area contributed by atoms with Crippen molar-refractivity contribution in [3.8, 4) is 0 Å². The lowest BCUT2D eigenvalue weighted by molar-refractivity contribution is -0.0510. The lowest BCUT2D eigenvalue weighted by atomic mass is 10.1. The molecule has 1 aromatic heterocycles. The van der Waals surface area contributed by atoms with Gasteiger partial charge in [-0.15, -0.1) is 0 Å². The van der Waals surface area contributed by atoms with Crippen LogP contribution in [0.2, 0.25) is 0 Å². The highest BCUT2D eigenvalue weighted by Gasteiger charge is 2.44. The normalized spacial score (nSPS) is 30.2. The summed E-state index contributed by atoms with van der Waals surface area (Å²) < 4.78 is 21.4. The molecule has 0 saturated carbocycles. The first-order valence-electron chi connectivity index (χ1n) is 5.28. The second-order valence-electron chi connectivity index (χ2n) is 4.06. The average molecular weight is 313 g/mol. The molecule has 1 aliphatic heterocycles. The monoisotopic (exact) mass is 313 g/mol. The average Bonchev–Trinajstić information content (AvgIpc) is 2.83. The van der Waals surface area contributed by atoms with Crippen molar-refractivity contribution < 1.29 is 33.8 Å². The van der Waals surface area contributed by atoms with Gasteiger partial charge in [0.1, 0.15) is 24.1 Å². The summed E-state index contributed by atoms with van der Waals surface area (Å²) in [5, 5.41) is 19.6. The number of anilines is 1. The van der Waals surface area contributed by atoms with Crippen LogP contribution in [0.4, 0.5) is 5.82 Å². The van der Waals surface area contributed by atoms with Crippen LogP contribution in [0.1, 0.15) is 6.23 Å². The summed E-state index contributed by atoms with van der Waals surface area (Å²) in [7, 11) is -4.67. The smallest absolute Gasteiger partial charge is 0.387 e. The molecular formula is C8H18N4O7P+. The van der Waals surface area contributed by atoms with E-state index in [2.05, 4.69) is 9.51 Å². The molecule has 0 spiro atoms. The van der Waals surface area contributed by atoms with Gasteiger partial charge in [-0.05, 0) is 0 Å². The van der Waals surface area contributed by atoms with Crippen LogP contribution in [0.15, 0.2) is 12.5 Å². The van der Waals surface area contributed by atoms with Crippen molar-refractivity contribution in [2.45, 2.75) is 24.5 Å². The Bertz CT molecular complexity index is 491. The number of nitrogens with two attached hydrogens (primary N) is 1. The zero-order valence-electron chi connectivity index (χ0n) is 10.6. The van der Waals surface area contributed by atoms with E-state index in [9.17, 15) is 14.8 Å². The molecule has 0 aliphatic carbocycles. The molecule has 0 amide bonds. The number of aliphatic hydroxyl groups is 2. The maximum absolute atomic E-state index is 10.6. The van der Waals surface area contributed by atoms with Gasteiger partial charge in [0, 0.05) is 0 Å². The van der Waals surface area contributed by atoms with Gasteiger partial charge in [-0.2, -0.15) is 0 Å². The Morgan fingerprint density at radius 1 is 1.45 bits per heavy atom. The number of nitrogen functional groups attached to an aromatic ring is 1. The van der Waals surface area contributed by atoms with Gasteiger partial charge in [0.25, 0.3) is 0 Å². The van der Waals surface area contributed by atoms with E-state index in [1.54, 1.807) is 0 Å². The highest BCUT2D eigenvalue weighted by Crippen LogP contribution is 2.38. The number of phosphoric acid groups is 1. The van der Waals surface area contributed by atoms with Crippen LogP contribution in [-0.4, -0.2) is 54.5 Å². The Hall–Kier alpha value is -1.04. The number of nitrogens with zero attached hydrogens (tertiary/aromatic N) is 2. The number of hydrogen-bond donors (Lipinski definition) is 6. The van der Waals surface area contributed by atoms with Crippen molar-refractivity contribution in [1.29, 1.82) is 0 Å². The largest absolute Gasteiger partial charge is 0.469 e. The number of phosphoric ester groups is 1. The molecule has 20 heavy (non-hydrogen) atoms. The molecule has 12 heteroatoms. The van der Waals surface area contributed by atoms with Gasteiger partial charge in [-0.25, -0.2) is 9.55 Å². The Labute approximate surface area is 113 Å². The van der Waals surface area contributed by atoms with Crippen molar-refractivity contribution >= 4 is 13.6 Å². The highest BCUT2D eigenvalue weighted by atomic mass is 31.2. The van der Waals surface area contributed by atoms with Crippen molar-refractivity contribution in [1.82, 2.24) is 15.7 Å². The van der Waals surface area contributed by atoms with Crippen molar-refractivity contribution in [2.75, 3.05) is 12.3 Å². The Balaban J connectivity index is 0.00000200. The van der Waals surface area contributed by atoms with Crippen LogP contribution in [0, 0.1) is 0 Å². The third-order valence-corrected chi connectivity index (χ3v) is 3.20. The summed E-state index contributed by atoms with van der Waals surface area (Å²) in [5.41, 5.74) is 5.59. The van der Waals surface area contributed by atoms with Gasteiger partial charge in [-0.3, -0.25) is 9.09 Å². The summed E-state index contributed by atoms with van der Waals surface area (Å²) in [6, 6.07) is 0. The van der Waals surface area contributed by atoms with E-state index in [1.807, 2.05) is 0 Å². The molecule has 1 saturated heterocycles. The third-order valence-electron chi connectivity index (χ3n) is 2.71. The van der Waals surface area contributed by atoms with Crippen LogP contribution >= 0.6 is 7.82 Å². The van der Waals surface area contributed by atoms with E-state index < -0.39 is 39.0 Å². The van der Waals surface area contributed by atoms with Gasteiger partial charge >= 0.3 is 7.82 Å². The van der Waals surface area contributed by atoms with Gasteiger partial charge < -0.3 is 36.6 Å². The van der Waals surface area contributed by atoms with Crippen molar-refractivity contribution in [2.24, 2.45) is 0 Å². The lowest BCUT2D eigenvalue weighted by Crippen LogP contribution is -2.33. The fraction of sp³-hybridized carbons (Fsp3) is 0.625. The molecule has 10 N–H and O–H groups in total. The van der Waals surface area contributed by atoms with Crippen molar-refractivity contribution in [3.05, 3.63) is 12.5 Å². The summed E-state index contributed by atoms with van der Waals surface area (Å²) in [6.07, 6.45) is -2.12. The Kier molecular flexibility index (Phi) is 5.24. The van der Waals surface area contributed by atoms with Gasteiger partial charge in [-0.1, -0.05) is 0 Å². The third kappa shape index (κ3) is 3.53. The Morgan fingerprint density at radius 2 is 2.10 bits per heavy atom. The predicted octanol–water partition coefficient (Wildman–Crippen LogP) is -1.43. The fourth-order valence-electron chi connectivity index (χ4n) is 1.79. The minimum Gasteiger partial charge on any atom is -0.387 e. The number of aliphatic hydroxyl groups excluding tert-OH is 2. The number of ether oxygens (including phenoxy) is 1. The van der Waals surface area contributed by atoms with E-state index in [1.165, 1.54) is 17.1 Å². The zero-order chi connectivity index (χ0) is 14.2. The van der Waals surface area contributed by atoms with Crippen LogP contribution < -0.4 is 11.9 Å². The number of imidazole rings is 1. The lowest BCUT2D eigenvalue weighted by Gasteiger charge is -2.17. The number of hydrogen-bond acceptors (Lipinski definition) is 7. The second-order valence-corrected chi connectivity index (χ2v) is 5.30. The first-order valence-corrected chi connectivity index (χ1v) is 6.81. The maximum Gasteiger partial charge on any atom is 0.469 e. The minimum absolute atomic E-state index is 0. The number of rotatable bonds is 4. The number of aromatic nitrogens is 2. The molecule has 0 unspecified atom stereocenters. The molecule has 116 valence electrons. The Morgan fingerprint density at radius 3 is 2.60 bits per heavy atom. The quantitative estimate of drug-likeness (QED) is 0.361. The zero-order valence-corrected chi connectivity index (χ0v) is 11.5. The van der Waals surface area contributed by atoms with Crippen molar-refractivity contribution in [3.63, 3.8) is 0 Å². The first-order chi connectivity index (χ1) is 8.79. The summed E-state index contributed by atoms with van der Waals surface area (Å²) in [4.78, 5) is 20.9. The molecule has 1 aliphatic rings. The predicted molar refractivity (Wildman–Crippen MR) is 66.5 cm³/mol. The minimum atomic E-state index is -4.67. The molecule has 0 radical (unpaired) electrons. The van der Waals surface area contributed by atoms with Crippen LogP contribution in [0.5, 0.6) is 0 Å². The maximum atomic E-state index is 10.6. The fourth-order valence-corrected chi connectivity index (χ4v) is 2.14. The second kappa shape index (κ2) is 6.16. The van der Waals surface area contributed by atoms with E-state index in [0.717, 1.165) is 0 Å². The van der Waals surface area contributed by atoms with E-state index in [4.69, 9.17) is 20.3 Å². The first kappa shape index (κ1) is 17.0. The van der Waals surface area contributed by atoms with Gasteiger partial charge in [0.2, 0.25) is 0 Å². The molecule has 4 atom stereocenters. The van der Waals surface area contributed by atoms with Crippen LogP contribution in [0.3, 0.4) is 0 Å². The molecule has 2 rings (SSSR count). The highest BCUT2D eigenvalue weighted by molar-refractivity contribution is 7.46. The molecule has 0 bridgehead atoms. The number of quaternary nitrogens is 1. The van der Waals surface area contributed by atoms with E-state index in [0.29, 0.717) is 0 Å². The summed E-state index contributed by atoms with van der Waals surface area (Å²) >= 11 is 0. The van der Waals surface area contributed by atoms with E-state index in [-0.39, 0.29) is 12.0 Å². The summed E-state index contributed by atoms with van der Waals surface area (Å²) in [6.45, 7) is -0.562. The van der Waals surface area contributed by atoms with E-state index >= 15 is 0 Å². The molecule has 1 aromatic rings. The molecule has 11 nitrogen and oxygen atoms in total.